The van der Waals surface area contributed by atoms with Gasteiger partial charge in [-0.1, -0.05) is 12.1 Å². The molecule has 2 aromatic heterocycles. The van der Waals surface area contributed by atoms with Crippen molar-refractivity contribution in [1.29, 1.82) is 0 Å². The smallest absolute Gasteiger partial charge is 0.191 e. The molecule has 0 aliphatic carbocycles. The minimum Gasteiger partial charge on any atom is -0.496 e. The van der Waals surface area contributed by atoms with Gasteiger partial charge in [0.1, 0.15) is 5.75 Å². The molecule has 8 heteroatoms. The van der Waals surface area contributed by atoms with Crippen LogP contribution < -0.4 is 15.4 Å². The van der Waals surface area contributed by atoms with Crippen LogP contribution in [0.4, 0.5) is 0 Å². The Bertz CT molecular complexity index is 908. The average molecular weight is 417 g/mol. The molecule has 2 heterocycles. The number of nitrogens with zero attached hydrogens (tertiary/aromatic N) is 4. The van der Waals surface area contributed by atoms with Gasteiger partial charge in [-0.2, -0.15) is 0 Å². The summed E-state index contributed by atoms with van der Waals surface area (Å²) < 4.78 is 8.13. The molecule has 0 bridgehead atoms. The van der Waals surface area contributed by atoms with Crippen molar-refractivity contribution in [3.8, 4) is 5.75 Å². The molecule has 0 aliphatic heterocycles. The summed E-state index contributed by atoms with van der Waals surface area (Å²) in [6, 6.07) is 11.8. The fraction of sp³-hybridized carbons (Fsp3) is 0.278. The minimum atomic E-state index is 0.531. The van der Waals surface area contributed by atoms with Gasteiger partial charge in [0.05, 0.1) is 24.7 Å². The number of benzene rings is 1. The van der Waals surface area contributed by atoms with Gasteiger partial charge >= 0.3 is 0 Å². The predicted octanol–water partition coefficient (Wildman–Crippen LogP) is 2.76. The topological polar surface area (TPSA) is 75.8 Å². The summed E-state index contributed by atoms with van der Waals surface area (Å²) in [6.45, 7) is 3.90. The van der Waals surface area contributed by atoms with Crippen LogP contribution in [-0.2, 0) is 13.1 Å². The highest BCUT2D eigenvalue weighted by atomic mass is 79.9. The molecule has 0 atom stereocenters. The molecule has 0 unspecified atom stereocenters. The maximum Gasteiger partial charge on any atom is 0.191 e. The average Bonchev–Trinajstić information content (AvgIpc) is 3.07. The molecule has 0 saturated carbocycles. The second kappa shape index (κ2) is 8.66. The number of hydrogen-bond acceptors (Lipinski definition) is 4. The zero-order valence-electron chi connectivity index (χ0n) is 14.7. The Hall–Kier alpha value is -2.61. The number of fused-ring (bicyclic) bond motifs is 1. The number of pyridine rings is 1. The molecule has 0 amide bonds. The zero-order valence-corrected chi connectivity index (χ0v) is 16.3. The van der Waals surface area contributed by atoms with Crippen LogP contribution in [0.3, 0.4) is 0 Å². The Morgan fingerprint density at radius 3 is 2.88 bits per heavy atom. The van der Waals surface area contributed by atoms with Gasteiger partial charge in [-0.25, -0.2) is 4.99 Å². The fourth-order valence-corrected chi connectivity index (χ4v) is 3.08. The van der Waals surface area contributed by atoms with Crippen LogP contribution in [0.1, 0.15) is 18.3 Å². The molecule has 0 radical (unpaired) electrons. The van der Waals surface area contributed by atoms with Crippen LogP contribution in [0, 0.1) is 0 Å². The zero-order chi connectivity index (χ0) is 18.4. The number of guanidine groups is 1. The number of aromatic nitrogens is 3. The number of rotatable bonds is 6. The summed E-state index contributed by atoms with van der Waals surface area (Å²) in [6.07, 6.45) is 1.95. The summed E-state index contributed by atoms with van der Waals surface area (Å²) in [5.41, 5.74) is 1.91. The Balaban J connectivity index is 1.68. The minimum absolute atomic E-state index is 0.531. The SMILES string of the molecule is CCNC(=NCc1ccc(OC)c(Br)c1)NCc1nnc2ccccn12. The second-order valence-electron chi connectivity index (χ2n) is 5.56. The number of nitrogens with one attached hydrogen (secondary N) is 2. The number of hydrogen-bond donors (Lipinski definition) is 2. The molecule has 0 saturated heterocycles. The lowest BCUT2D eigenvalue weighted by Crippen LogP contribution is -2.37. The second-order valence-corrected chi connectivity index (χ2v) is 6.42. The summed E-state index contributed by atoms with van der Waals surface area (Å²) >= 11 is 3.50. The fourth-order valence-electron chi connectivity index (χ4n) is 2.49. The van der Waals surface area contributed by atoms with E-state index in [1.54, 1.807) is 7.11 Å². The molecule has 0 aliphatic rings. The van der Waals surface area contributed by atoms with Crippen molar-refractivity contribution >= 4 is 27.5 Å². The molecule has 26 heavy (non-hydrogen) atoms. The lowest BCUT2D eigenvalue weighted by atomic mass is 10.2. The van der Waals surface area contributed by atoms with Gasteiger partial charge in [0.2, 0.25) is 0 Å². The number of ether oxygens (including phenoxy) is 1. The van der Waals surface area contributed by atoms with Gasteiger partial charge < -0.3 is 15.4 Å². The van der Waals surface area contributed by atoms with Crippen molar-refractivity contribution in [2.45, 2.75) is 20.0 Å². The van der Waals surface area contributed by atoms with Gasteiger partial charge in [-0.3, -0.25) is 4.40 Å². The maximum atomic E-state index is 5.26. The Morgan fingerprint density at radius 2 is 2.12 bits per heavy atom. The van der Waals surface area contributed by atoms with Crippen molar-refractivity contribution in [2.24, 2.45) is 4.99 Å². The highest BCUT2D eigenvalue weighted by Gasteiger charge is 2.06. The van der Waals surface area contributed by atoms with E-state index in [-0.39, 0.29) is 0 Å². The van der Waals surface area contributed by atoms with Crippen LogP contribution >= 0.6 is 15.9 Å². The van der Waals surface area contributed by atoms with Crippen LogP contribution in [0.25, 0.3) is 5.65 Å². The number of halogens is 1. The third-order valence-corrected chi connectivity index (χ3v) is 4.40. The molecule has 3 aromatic rings. The van der Waals surface area contributed by atoms with E-state index in [0.717, 1.165) is 39.8 Å². The molecule has 3 rings (SSSR count). The van der Waals surface area contributed by atoms with Gasteiger partial charge in [-0.05, 0) is 52.7 Å². The van der Waals surface area contributed by atoms with Gasteiger partial charge in [0, 0.05) is 12.7 Å². The third kappa shape index (κ3) is 4.32. The largest absolute Gasteiger partial charge is 0.496 e. The van der Waals surface area contributed by atoms with E-state index >= 15 is 0 Å². The highest BCUT2D eigenvalue weighted by Crippen LogP contribution is 2.25. The standard InChI is InChI=1S/C18H21BrN6O/c1-3-20-18(21-11-13-7-8-15(26-2)14(19)10-13)22-12-17-24-23-16-6-4-5-9-25(16)17/h4-10H,3,11-12H2,1-2H3,(H2,20,21,22). The first-order chi connectivity index (χ1) is 12.7. The summed E-state index contributed by atoms with van der Waals surface area (Å²) in [7, 11) is 1.65. The van der Waals surface area contributed by atoms with Crippen molar-refractivity contribution < 1.29 is 4.74 Å². The Labute approximate surface area is 160 Å². The summed E-state index contributed by atoms with van der Waals surface area (Å²) in [5, 5.41) is 14.9. The van der Waals surface area contributed by atoms with Crippen molar-refractivity contribution in [2.75, 3.05) is 13.7 Å². The molecular weight excluding hydrogens is 396 g/mol. The first kappa shape index (κ1) is 18.2. The Kier molecular flexibility index (Phi) is 6.06. The van der Waals surface area contributed by atoms with Gasteiger partial charge in [-0.15, -0.1) is 10.2 Å². The van der Waals surface area contributed by atoms with E-state index in [1.807, 2.05) is 53.9 Å². The highest BCUT2D eigenvalue weighted by molar-refractivity contribution is 9.10. The van der Waals surface area contributed by atoms with Crippen molar-refractivity contribution in [1.82, 2.24) is 25.2 Å². The van der Waals surface area contributed by atoms with E-state index < -0.39 is 0 Å². The normalized spacial score (nSPS) is 11.6. The van der Waals surface area contributed by atoms with Gasteiger partial charge in [0.15, 0.2) is 17.4 Å². The van der Waals surface area contributed by atoms with E-state index in [1.165, 1.54) is 0 Å². The summed E-state index contributed by atoms with van der Waals surface area (Å²) in [5.74, 6) is 2.37. The third-order valence-electron chi connectivity index (χ3n) is 3.78. The van der Waals surface area contributed by atoms with E-state index in [9.17, 15) is 0 Å². The molecule has 136 valence electrons. The van der Waals surface area contributed by atoms with Gasteiger partial charge in [0.25, 0.3) is 0 Å². The molecule has 1 aromatic carbocycles. The molecule has 2 N–H and O–H groups in total. The van der Waals surface area contributed by atoms with E-state index in [4.69, 9.17) is 4.74 Å². The maximum absolute atomic E-state index is 5.26. The molecular formula is C18H21BrN6O. The lowest BCUT2D eigenvalue weighted by molar-refractivity contribution is 0.412. The molecule has 0 spiro atoms. The number of methoxy groups -OCH3 is 1. The van der Waals surface area contributed by atoms with E-state index in [2.05, 4.69) is 41.8 Å². The quantitative estimate of drug-likeness (QED) is 0.477. The van der Waals surface area contributed by atoms with Crippen molar-refractivity contribution in [3.63, 3.8) is 0 Å². The van der Waals surface area contributed by atoms with E-state index in [0.29, 0.717) is 13.1 Å². The molecule has 7 nitrogen and oxygen atoms in total. The summed E-state index contributed by atoms with van der Waals surface area (Å²) in [4.78, 5) is 4.64. The van der Waals surface area contributed by atoms with Crippen LogP contribution in [0.2, 0.25) is 0 Å². The lowest BCUT2D eigenvalue weighted by Gasteiger charge is -2.11. The number of aliphatic imine (C=N–C) groups is 1. The van der Waals surface area contributed by atoms with Crippen LogP contribution in [0.5, 0.6) is 5.75 Å². The van der Waals surface area contributed by atoms with Crippen molar-refractivity contribution in [3.05, 3.63) is 58.5 Å². The first-order valence-electron chi connectivity index (χ1n) is 8.34. The van der Waals surface area contributed by atoms with Crippen LogP contribution in [-0.4, -0.2) is 34.2 Å². The van der Waals surface area contributed by atoms with Crippen LogP contribution in [0.15, 0.2) is 52.1 Å². The monoisotopic (exact) mass is 416 g/mol. The predicted molar refractivity (Wildman–Crippen MR) is 105 cm³/mol. The molecule has 0 fully saturated rings. The first-order valence-corrected chi connectivity index (χ1v) is 9.13. The Morgan fingerprint density at radius 1 is 1.23 bits per heavy atom.